The van der Waals surface area contributed by atoms with E-state index in [9.17, 15) is 4.79 Å². The number of para-hydroxylation sites is 1. The monoisotopic (exact) mass is 296 g/mol. The van der Waals surface area contributed by atoms with Crippen molar-refractivity contribution in [3.8, 4) is 0 Å². The minimum absolute atomic E-state index is 0.365. The Morgan fingerprint density at radius 3 is 2.41 bits per heavy atom. The number of hydrazone groups is 1. The van der Waals surface area contributed by atoms with Crippen molar-refractivity contribution in [3.05, 3.63) is 59.7 Å². The van der Waals surface area contributed by atoms with Crippen LogP contribution in [0, 0.1) is 6.92 Å². The lowest BCUT2D eigenvalue weighted by molar-refractivity contribution is 0.252. The van der Waals surface area contributed by atoms with Gasteiger partial charge < -0.3 is 10.2 Å². The Bertz CT molecular complexity index is 663. The van der Waals surface area contributed by atoms with Crippen LogP contribution >= 0.6 is 0 Å². The second kappa shape index (κ2) is 7.26. The molecule has 0 unspecified atom stereocenters. The van der Waals surface area contributed by atoms with Gasteiger partial charge in [0.1, 0.15) is 0 Å². The minimum Gasteiger partial charge on any atom is -0.378 e. The Kier molecular flexibility index (Phi) is 5.14. The Morgan fingerprint density at radius 2 is 1.77 bits per heavy atom. The Morgan fingerprint density at radius 1 is 1.09 bits per heavy atom. The summed E-state index contributed by atoms with van der Waals surface area (Å²) >= 11 is 0. The van der Waals surface area contributed by atoms with Crippen LogP contribution in [-0.2, 0) is 0 Å². The predicted octanol–water partition coefficient (Wildman–Crippen LogP) is 3.22. The van der Waals surface area contributed by atoms with Gasteiger partial charge in [-0.15, -0.1) is 0 Å². The van der Waals surface area contributed by atoms with Crippen LogP contribution < -0.4 is 15.6 Å². The molecule has 5 nitrogen and oxygen atoms in total. The maximum Gasteiger partial charge on any atom is 0.339 e. The van der Waals surface area contributed by atoms with Crippen LogP contribution in [-0.4, -0.2) is 26.3 Å². The highest BCUT2D eigenvalue weighted by atomic mass is 16.2. The average molecular weight is 296 g/mol. The van der Waals surface area contributed by atoms with E-state index in [0.29, 0.717) is 0 Å². The lowest BCUT2D eigenvalue weighted by Gasteiger charge is -2.11. The van der Waals surface area contributed by atoms with Crippen molar-refractivity contribution < 1.29 is 4.79 Å². The fourth-order valence-corrected chi connectivity index (χ4v) is 1.89. The van der Waals surface area contributed by atoms with Gasteiger partial charge in [0, 0.05) is 25.5 Å². The summed E-state index contributed by atoms with van der Waals surface area (Å²) < 4.78 is 0. The van der Waals surface area contributed by atoms with Gasteiger partial charge in [0.25, 0.3) is 0 Å². The molecular weight excluding hydrogens is 276 g/mol. The highest BCUT2D eigenvalue weighted by molar-refractivity contribution is 5.91. The van der Waals surface area contributed by atoms with Crippen LogP contribution in [0.25, 0.3) is 0 Å². The summed E-state index contributed by atoms with van der Waals surface area (Å²) in [4.78, 5) is 13.8. The highest BCUT2D eigenvalue weighted by Crippen LogP contribution is 2.13. The largest absolute Gasteiger partial charge is 0.378 e. The third-order valence-corrected chi connectivity index (χ3v) is 3.18. The first-order valence-corrected chi connectivity index (χ1v) is 6.99. The molecule has 0 aliphatic heterocycles. The van der Waals surface area contributed by atoms with Gasteiger partial charge in [0.15, 0.2) is 0 Å². The first-order valence-electron chi connectivity index (χ1n) is 6.99. The van der Waals surface area contributed by atoms with Gasteiger partial charge >= 0.3 is 6.03 Å². The molecule has 2 aromatic carbocycles. The number of hydrogen-bond acceptors (Lipinski definition) is 3. The zero-order valence-corrected chi connectivity index (χ0v) is 13.0. The fourth-order valence-electron chi connectivity index (χ4n) is 1.89. The summed E-state index contributed by atoms with van der Waals surface area (Å²) in [5.41, 5.74) is 6.25. The second-order valence-corrected chi connectivity index (χ2v) is 5.13. The molecule has 0 aromatic heterocycles. The van der Waals surface area contributed by atoms with E-state index in [1.54, 1.807) is 6.21 Å². The topological polar surface area (TPSA) is 56.7 Å². The molecule has 0 aliphatic rings. The number of anilines is 2. The summed E-state index contributed by atoms with van der Waals surface area (Å²) in [5, 5.41) is 6.69. The molecule has 114 valence electrons. The molecule has 0 saturated carbocycles. The highest BCUT2D eigenvalue weighted by Gasteiger charge is 2.01. The van der Waals surface area contributed by atoms with Crippen LogP contribution in [0.3, 0.4) is 0 Å². The van der Waals surface area contributed by atoms with Crippen molar-refractivity contribution in [2.24, 2.45) is 5.10 Å². The normalized spacial score (nSPS) is 10.5. The number of carbonyl (C=O) groups excluding carboxylic acids is 1. The van der Waals surface area contributed by atoms with Gasteiger partial charge in [-0.3, -0.25) is 0 Å². The minimum atomic E-state index is -0.365. The fraction of sp³-hybridized carbons (Fsp3) is 0.176. The number of urea groups is 1. The van der Waals surface area contributed by atoms with Crippen LogP contribution in [0.2, 0.25) is 0 Å². The number of hydrogen-bond donors (Lipinski definition) is 2. The van der Waals surface area contributed by atoms with Crippen molar-refractivity contribution in [2.75, 3.05) is 24.3 Å². The van der Waals surface area contributed by atoms with Gasteiger partial charge in [-0.1, -0.05) is 30.3 Å². The average Bonchev–Trinajstić information content (AvgIpc) is 2.50. The number of nitrogens with one attached hydrogen (secondary N) is 2. The summed E-state index contributed by atoms with van der Waals surface area (Å²) in [5.74, 6) is 0. The number of rotatable bonds is 4. The molecule has 0 atom stereocenters. The van der Waals surface area contributed by atoms with Crippen molar-refractivity contribution in [1.82, 2.24) is 5.43 Å². The second-order valence-electron chi connectivity index (χ2n) is 5.13. The molecule has 0 spiro atoms. The van der Waals surface area contributed by atoms with Gasteiger partial charge in [-0.2, -0.15) is 5.10 Å². The van der Waals surface area contributed by atoms with Crippen molar-refractivity contribution in [1.29, 1.82) is 0 Å². The van der Waals surface area contributed by atoms with E-state index in [1.807, 2.05) is 74.4 Å². The maximum absolute atomic E-state index is 11.8. The first kappa shape index (κ1) is 15.6. The molecule has 0 saturated heterocycles. The SMILES string of the molecule is Cc1ccccc1NC(=O)NN=Cc1ccc(N(C)C)cc1. The van der Waals surface area contributed by atoms with E-state index in [-0.39, 0.29) is 6.03 Å². The molecular formula is C17H20N4O. The van der Waals surface area contributed by atoms with Gasteiger partial charge in [0.2, 0.25) is 0 Å². The zero-order chi connectivity index (χ0) is 15.9. The third-order valence-electron chi connectivity index (χ3n) is 3.18. The Balaban J connectivity index is 1.89. The van der Waals surface area contributed by atoms with E-state index >= 15 is 0 Å². The van der Waals surface area contributed by atoms with E-state index < -0.39 is 0 Å². The molecule has 0 aliphatic carbocycles. The summed E-state index contributed by atoms with van der Waals surface area (Å²) in [6.07, 6.45) is 1.61. The summed E-state index contributed by atoms with van der Waals surface area (Å²) in [7, 11) is 3.97. The van der Waals surface area contributed by atoms with E-state index in [4.69, 9.17) is 0 Å². The van der Waals surface area contributed by atoms with Gasteiger partial charge in [0.05, 0.1) is 6.21 Å². The summed E-state index contributed by atoms with van der Waals surface area (Å²) in [6, 6.07) is 15.1. The molecule has 2 amide bonds. The molecule has 5 heteroatoms. The molecule has 0 bridgehead atoms. The van der Waals surface area contributed by atoms with Crippen LogP contribution in [0.5, 0.6) is 0 Å². The zero-order valence-electron chi connectivity index (χ0n) is 13.0. The first-order chi connectivity index (χ1) is 10.6. The van der Waals surface area contributed by atoms with Crippen LogP contribution in [0.1, 0.15) is 11.1 Å². The number of amides is 2. The van der Waals surface area contributed by atoms with Crippen molar-refractivity contribution in [2.45, 2.75) is 6.92 Å². The number of nitrogens with zero attached hydrogens (tertiary/aromatic N) is 2. The maximum atomic E-state index is 11.8. The van der Waals surface area contributed by atoms with E-state index in [0.717, 1.165) is 22.5 Å². The lowest BCUT2D eigenvalue weighted by atomic mass is 10.2. The molecule has 0 heterocycles. The van der Waals surface area contributed by atoms with E-state index in [2.05, 4.69) is 15.8 Å². The Labute approximate surface area is 130 Å². The van der Waals surface area contributed by atoms with Crippen LogP contribution in [0.15, 0.2) is 53.6 Å². The molecule has 0 fully saturated rings. The molecule has 0 radical (unpaired) electrons. The van der Waals surface area contributed by atoms with Gasteiger partial charge in [-0.25, -0.2) is 10.2 Å². The number of carbonyl (C=O) groups is 1. The number of aryl methyl sites for hydroxylation is 1. The van der Waals surface area contributed by atoms with Crippen molar-refractivity contribution >= 4 is 23.6 Å². The number of benzene rings is 2. The molecule has 2 N–H and O–H groups in total. The smallest absolute Gasteiger partial charge is 0.339 e. The molecule has 22 heavy (non-hydrogen) atoms. The van der Waals surface area contributed by atoms with Crippen molar-refractivity contribution in [3.63, 3.8) is 0 Å². The quantitative estimate of drug-likeness (QED) is 0.672. The standard InChI is InChI=1S/C17H20N4O/c1-13-6-4-5-7-16(13)19-17(22)20-18-12-14-8-10-15(11-9-14)21(2)3/h4-12H,1-3H3,(H2,19,20,22). The molecule has 2 aromatic rings. The Hall–Kier alpha value is -2.82. The van der Waals surface area contributed by atoms with Gasteiger partial charge in [-0.05, 0) is 36.2 Å². The predicted molar refractivity (Wildman–Crippen MR) is 91.7 cm³/mol. The lowest BCUT2D eigenvalue weighted by Crippen LogP contribution is -2.24. The third kappa shape index (κ3) is 4.34. The molecule has 2 rings (SSSR count). The summed E-state index contributed by atoms with van der Waals surface area (Å²) in [6.45, 7) is 1.94. The van der Waals surface area contributed by atoms with Crippen LogP contribution in [0.4, 0.5) is 16.2 Å². The van der Waals surface area contributed by atoms with E-state index in [1.165, 1.54) is 0 Å².